The van der Waals surface area contributed by atoms with Crippen LogP contribution >= 0.6 is 0 Å². The Bertz CT molecular complexity index is 1550. The molecular weight excluding hydrogens is 494 g/mol. The summed E-state index contributed by atoms with van der Waals surface area (Å²) >= 11 is 0. The van der Waals surface area contributed by atoms with Gasteiger partial charge in [0.2, 0.25) is 5.91 Å². The largest absolute Gasteiger partial charge is 0.456 e. The second kappa shape index (κ2) is 11.5. The average molecular weight is 524 g/mol. The number of nitrogens with zero attached hydrogens (tertiary/aromatic N) is 4. The molecule has 1 amide bonds. The first-order valence-corrected chi connectivity index (χ1v) is 13.0. The van der Waals surface area contributed by atoms with Crippen molar-refractivity contribution in [3.63, 3.8) is 0 Å². The van der Waals surface area contributed by atoms with Crippen LogP contribution in [0.5, 0.6) is 11.5 Å². The van der Waals surface area contributed by atoms with Crippen LogP contribution in [0, 0.1) is 11.3 Å². The van der Waals surface area contributed by atoms with Gasteiger partial charge < -0.3 is 15.2 Å². The fraction of sp³-hybridized carbons (Fsp3) is 0.267. The molecule has 2 aromatic heterocycles. The van der Waals surface area contributed by atoms with Crippen molar-refractivity contribution in [3.05, 3.63) is 83.7 Å². The van der Waals surface area contributed by atoms with Crippen molar-refractivity contribution in [2.75, 3.05) is 18.4 Å². The van der Waals surface area contributed by atoms with Crippen molar-refractivity contribution >= 4 is 28.5 Å². The van der Waals surface area contributed by atoms with Gasteiger partial charge in [-0.3, -0.25) is 19.1 Å². The average Bonchev–Trinajstić information content (AvgIpc) is 3.36. The molecule has 4 aromatic rings. The van der Waals surface area contributed by atoms with Crippen molar-refractivity contribution in [1.82, 2.24) is 14.5 Å². The van der Waals surface area contributed by atoms with E-state index in [0.29, 0.717) is 34.8 Å². The molecule has 0 spiro atoms. The van der Waals surface area contributed by atoms with E-state index < -0.39 is 0 Å². The minimum Gasteiger partial charge on any atom is -0.456 e. The molecule has 39 heavy (non-hydrogen) atoms. The number of carbonyl (C=O) groups is 2. The zero-order valence-corrected chi connectivity index (χ0v) is 21.6. The van der Waals surface area contributed by atoms with Crippen LogP contribution in [0.2, 0.25) is 0 Å². The third kappa shape index (κ3) is 5.98. The zero-order chi connectivity index (χ0) is 27.4. The number of ether oxygens (including phenoxy) is 1. The van der Waals surface area contributed by atoms with Crippen molar-refractivity contribution in [1.29, 1.82) is 5.26 Å². The van der Waals surface area contributed by atoms with Crippen LogP contribution < -0.4 is 10.1 Å². The second-order valence-electron chi connectivity index (χ2n) is 9.59. The Labute approximate surface area is 226 Å². The number of anilines is 1. The summed E-state index contributed by atoms with van der Waals surface area (Å²) < 4.78 is 7.53. The summed E-state index contributed by atoms with van der Waals surface area (Å²) in [5.41, 5.74) is 2.55. The Hall–Kier alpha value is -4.52. The van der Waals surface area contributed by atoms with Gasteiger partial charge in [0.15, 0.2) is 0 Å². The highest BCUT2D eigenvalue weighted by atomic mass is 16.5. The lowest BCUT2D eigenvalue weighted by atomic mass is 10.1. The summed E-state index contributed by atoms with van der Waals surface area (Å²) in [5.74, 6) is 0.701. The highest BCUT2D eigenvalue weighted by Crippen LogP contribution is 2.31. The van der Waals surface area contributed by atoms with Gasteiger partial charge in [-0.2, -0.15) is 5.26 Å². The Morgan fingerprint density at radius 1 is 1.13 bits per heavy atom. The quantitative estimate of drug-likeness (QED) is 0.351. The number of nitriles is 1. The Balaban J connectivity index is 1.26. The van der Waals surface area contributed by atoms with Crippen molar-refractivity contribution in [2.24, 2.45) is 0 Å². The first-order chi connectivity index (χ1) is 18.9. The molecule has 0 unspecified atom stereocenters. The van der Waals surface area contributed by atoms with Crippen LogP contribution in [0.1, 0.15) is 52.5 Å². The van der Waals surface area contributed by atoms with E-state index in [-0.39, 0.29) is 23.5 Å². The van der Waals surface area contributed by atoms with Crippen LogP contribution in [0.4, 0.5) is 5.82 Å². The number of aliphatic hydroxyl groups is 1. The molecule has 0 atom stereocenters. The van der Waals surface area contributed by atoms with E-state index in [9.17, 15) is 20.0 Å². The van der Waals surface area contributed by atoms with Gasteiger partial charge in [0, 0.05) is 55.5 Å². The van der Waals surface area contributed by atoms with Gasteiger partial charge in [-0.05, 0) is 54.8 Å². The Morgan fingerprint density at radius 2 is 1.90 bits per heavy atom. The standard InChI is InChI=1S/C30H29N5O4/c1-2-29(37)35-14-8-22-16-27(23(18-31)15-26(22)35)39-25-7-11-32-28(17-25)33-30(38)21-5-3-20(4-6-21)19-34-12-9-24(36)10-13-34/h3-8,11,14-17,24,36H,2,9-10,12-13,19H2,1H3,(H,32,33,38). The van der Waals surface area contributed by atoms with E-state index in [4.69, 9.17) is 4.74 Å². The number of carbonyl (C=O) groups excluding carboxylic acids is 2. The highest BCUT2D eigenvalue weighted by Gasteiger charge is 2.17. The van der Waals surface area contributed by atoms with Gasteiger partial charge in [0.25, 0.3) is 5.91 Å². The minimum absolute atomic E-state index is 0.0607. The van der Waals surface area contributed by atoms with Crippen LogP contribution in [0.15, 0.2) is 67.0 Å². The molecule has 1 aliphatic rings. The van der Waals surface area contributed by atoms with Crippen LogP contribution in [-0.2, 0) is 6.54 Å². The normalized spacial score (nSPS) is 14.2. The number of aliphatic hydroxyl groups excluding tert-OH is 1. The summed E-state index contributed by atoms with van der Waals surface area (Å²) in [4.78, 5) is 31.6. The predicted molar refractivity (Wildman–Crippen MR) is 147 cm³/mol. The monoisotopic (exact) mass is 523 g/mol. The molecule has 9 heteroatoms. The third-order valence-corrected chi connectivity index (χ3v) is 6.86. The van der Waals surface area contributed by atoms with E-state index in [1.54, 1.807) is 55.6 Å². The number of pyridine rings is 1. The number of fused-ring (bicyclic) bond motifs is 1. The van der Waals surface area contributed by atoms with E-state index in [2.05, 4.69) is 21.3 Å². The van der Waals surface area contributed by atoms with E-state index in [1.807, 2.05) is 12.1 Å². The first-order valence-electron chi connectivity index (χ1n) is 13.0. The number of hydrogen-bond donors (Lipinski definition) is 2. The fourth-order valence-corrected chi connectivity index (χ4v) is 4.68. The number of nitrogens with one attached hydrogen (secondary N) is 1. The van der Waals surface area contributed by atoms with Crippen molar-refractivity contribution < 1.29 is 19.4 Å². The molecule has 0 saturated carbocycles. The molecule has 2 N–H and O–H groups in total. The molecule has 1 aliphatic heterocycles. The molecule has 3 heterocycles. The Kier molecular flexibility index (Phi) is 7.68. The van der Waals surface area contributed by atoms with E-state index >= 15 is 0 Å². The molecule has 1 fully saturated rings. The smallest absolute Gasteiger partial charge is 0.256 e. The molecule has 0 bridgehead atoms. The molecule has 5 rings (SSSR count). The molecule has 9 nitrogen and oxygen atoms in total. The van der Waals surface area contributed by atoms with E-state index in [0.717, 1.165) is 43.4 Å². The lowest BCUT2D eigenvalue weighted by Gasteiger charge is -2.29. The number of rotatable bonds is 7. The summed E-state index contributed by atoms with van der Waals surface area (Å²) in [5, 5.41) is 22.9. The number of benzene rings is 2. The lowest BCUT2D eigenvalue weighted by Crippen LogP contribution is -2.35. The summed E-state index contributed by atoms with van der Waals surface area (Å²) in [6.45, 7) is 4.30. The first kappa shape index (κ1) is 26.1. The SMILES string of the molecule is CCC(=O)n1ccc2cc(Oc3ccnc(NC(=O)c4ccc(CN5CCC(O)CC5)cc4)c3)c(C#N)cc21. The maximum Gasteiger partial charge on any atom is 0.256 e. The maximum absolute atomic E-state index is 12.8. The summed E-state index contributed by atoms with van der Waals surface area (Å²) in [6.07, 6.45) is 4.93. The summed E-state index contributed by atoms with van der Waals surface area (Å²) in [6, 6.07) is 18.0. The van der Waals surface area contributed by atoms with Crippen molar-refractivity contribution in [3.8, 4) is 17.6 Å². The predicted octanol–water partition coefficient (Wildman–Crippen LogP) is 4.96. The van der Waals surface area contributed by atoms with Gasteiger partial charge in [-0.25, -0.2) is 4.98 Å². The van der Waals surface area contributed by atoms with Crippen molar-refractivity contribution in [2.45, 2.75) is 38.8 Å². The van der Waals surface area contributed by atoms with Gasteiger partial charge in [0.05, 0.1) is 17.2 Å². The van der Waals surface area contributed by atoms with Crippen LogP contribution in [0.3, 0.4) is 0 Å². The molecule has 2 aromatic carbocycles. The molecule has 1 saturated heterocycles. The number of likely N-dealkylation sites (tertiary alicyclic amines) is 1. The molecule has 198 valence electrons. The fourth-order valence-electron chi connectivity index (χ4n) is 4.68. The zero-order valence-electron chi connectivity index (χ0n) is 21.6. The van der Waals surface area contributed by atoms with Gasteiger partial charge in [-0.15, -0.1) is 0 Å². The number of aromatic nitrogens is 2. The van der Waals surface area contributed by atoms with Gasteiger partial charge in [-0.1, -0.05) is 19.1 Å². The minimum atomic E-state index is -0.298. The number of piperidine rings is 1. The lowest BCUT2D eigenvalue weighted by molar-refractivity contribution is 0.0792. The third-order valence-electron chi connectivity index (χ3n) is 6.86. The maximum atomic E-state index is 12.8. The van der Waals surface area contributed by atoms with Crippen LogP contribution in [0.25, 0.3) is 10.9 Å². The topological polar surface area (TPSA) is 120 Å². The van der Waals surface area contributed by atoms with Gasteiger partial charge >= 0.3 is 0 Å². The summed E-state index contributed by atoms with van der Waals surface area (Å²) in [7, 11) is 0. The second-order valence-corrected chi connectivity index (χ2v) is 9.59. The number of hydrogen-bond acceptors (Lipinski definition) is 7. The number of amides is 1. The van der Waals surface area contributed by atoms with Crippen LogP contribution in [-0.4, -0.2) is 50.6 Å². The highest BCUT2D eigenvalue weighted by molar-refractivity contribution is 6.03. The van der Waals surface area contributed by atoms with Gasteiger partial charge in [0.1, 0.15) is 23.4 Å². The molecule has 0 radical (unpaired) electrons. The molecule has 0 aliphatic carbocycles. The Morgan fingerprint density at radius 3 is 2.62 bits per heavy atom. The molecular formula is C30H29N5O4. The van der Waals surface area contributed by atoms with E-state index in [1.165, 1.54) is 10.8 Å².